The molecule has 1 unspecified atom stereocenters. The van der Waals surface area contributed by atoms with Crippen LogP contribution >= 0.6 is 11.3 Å². The van der Waals surface area contributed by atoms with Gasteiger partial charge in [0.05, 0.1) is 12.0 Å². The van der Waals surface area contributed by atoms with E-state index in [1.165, 1.54) is 23.5 Å². The van der Waals surface area contributed by atoms with Crippen LogP contribution < -0.4 is 9.47 Å². The second-order valence-corrected chi connectivity index (χ2v) is 8.47. The van der Waals surface area contributed by atoms with E-state index in [9.17, 15) is 14.0 Å². The van der Waals surface area contributed by atoms with Crippen LogP contribution in [-0.4, -0.2) is 49.7 Å². The highest BCUT2D eigenvalue weighted by Crippen LogP contribution is 2.42. The van der Waals surface area contributed by atoms with Crippen LogP contribution in [0.2, 0.25) is 0 Å². The number of amides is 1. The summed E-state index contributed by atoms with van der Waals surface area (Å²) >= 11 is 1.29. The number of hydrogen-bond acceptors (Lipinski definition) is 6. The Bertz CT molecular complexity index is 928. The van der Waals surface area contributed by atoms with Crippen molar-refractivity contribution in [2.75, 3.05) is 32.9 Å². The van der Waals surface area contributed by atoms with Gasteiger partial charge in [0.2, 0.25) is 0 Å². The summed E-state index contributed by atoms with van der Waals surface area (Å²) in [5.74, 6) is 0.268. The maximum atomic E-state index is 13.3. The third-order valence-corrected chi connectivity index (χ3v) is 6.45. The van der Waals surface area contributed by atoms with E-state index >= 15 is 0 Å². The predicted octanol–water partition coefficient (Wildman–Crippen LogP) is 3.69. The van der Waals surface area contributed by atoms with Gasteiger partial charge < -0.3 is 19.1 Å². The van der Waals surface area contributed by atoms with Crippen molar-refractivity contribution in [2.45, 2.75) is 26.2 Å². The van der Waals surface area contributed by atoms with Gasteiger partial charge in [-0.1, -0.05) is 12.1 Å². The number of nitrogens with zero attached hydrogens (tertiary/aromatic N) is 1. The summed E-state index contributed by atoms with van der Waals surface area (Å²) in [6.45, 7) is 3.70. The Hall–Kier alpha value is -2.61. The third kappa shape index (κ3) is 4.01. The molecule has 1 fully saturated rings. The predicted molar refractivity (Wildman–Crippen MR) is 110 cm³/mol. The minimum absolute atomic E-state index is 0.167. The van der Waals surface area contributed by atoms with Gasteiger partial charge in [-0.2, -0.15) is 0 Å². The maximum Gasteiger partial charge on any atom is 0.314 e. The zero-order chi connectivity index (χ0) is 21.1. The first kappa shape index (κ1) is 20.7. The van der Waals surface area contributed by atoms with Gasteiger partial charge in [0.25, 0.3) is 5.91 Å². The van der Waals surface area contributed by atoms with Crippen LogP contribution in [0, 0.1) is 11.2 Å². The molecule has 0 spiro atoms. The summed E-state index contributed by atoms with van der Waals surface area (Å²) in [6, 6.07) is 6.13. The van der Waals surface area contributed by atoms with Crippen molar-refractivity contribution in [1.82, 2.24) is 4.90 Å². The van der Waals surface area contributed by atoms with E-state index in [-0.39, 0.29) is 30.8 Å². The molecule has 2 aliphatic heterocycles. The van der Waals surface area contributed by atoms with E-state index in [0.717, 1.165) is 5.56 Å². The molecule has 1 atom stereocenters. The molecule has 0 saturated carbocycles. The number of carbonyl (C=O) groups is 2. The Labute approximate surface area is 178 Å². The maximum absolute atomic E-state index is 13.3. The highest BCUT2D eigenvalue weighted by molar-refractivity contribution is 7.12. The lowest BCUT2D eigenvalue weighted by atomic mass is 9.75. The first-order valence-corrected chi connectivity index (χ1v) is 11.0. The topological polar surface area (TPSA) is 65.1 Å². The molecule has 3 heterocycles. The molecule has 2 aliphatic rings. The van der Waals surface area contributed by atoms with Crippen LogP contribution in [0.3, 0.4) is 0 Å². The van der Waals surface area contributed by atoms with Gasteiger partial charge in [0, 0.05) is 18.5 Å². The Morgan fingerprint density at radius 3 is 2.77 bits per heavy atom. The van der Waals surface area contributed by atoms with E-state index in [1.807, 2.05) is 0 Å². The monoisotopic (exact) mass is 433 g/mol. The van der Waals surface area contributed by atoms with Gasteiger partial charge >= 0.3 is 5.97 Å². The minimum atomic E-state index is -0.865. The number of halogens is 1. The number of esters is 1. The van der Waals surface area contributed by atoms with E-state index in [0.29, 0.717) is 55.4 Å². The molecule has 2 aromatic rings. The molecule has 0 N–H and O–H groups in total. The number of likely N-dealkylation sites (tertiary alicyclic amines) is 1. The van der Waals surface area contributed by atoms with Gasteiger partial charge in [-0.25, -0.2) is 4.39 Å². The van der Waals surface area contributed by atoms with Gasteiger partial charge in [-0.05, 0) is 43.9 Å². The molecular weight excluding hydrogens is 409 g/mol. The summed E-state index contributed by atoms with van der Waals surface area (Å²) in [5, 5.41) is 1.78. The molecule has 1 amide bonds. The van der Waals surface area contributed by atoms with Crippen LogP contribution in [0.4, 0.5) is 4.39 Å². The van der Waals surface area contributed by atoms with Gasteiger partial charge in [0.1, 0.15) is 23.9 Å². The second kappa shape index (κ2) is 8.63. The molecule has 0 aliphatic carbocycles. The van der Waals surface area contributed by atoms with Crippen LogP contribution in [0.15, 0.2) is 29.6 Å². The summed E-state index contributed by atoms with van der Waals surface area (Å²) in [4.78, 5) is 28.5. The van der Waals surface area contributed by atoms with Crippen LogP contribution in [0.1, 0.15) is 35.0 Å². The van der Waals surface area contributed by atoms with Gasteiger partial charge in [-0.15, -0.1) is 11.3 Å². The summed E-state index contributed by atoms with van der Waals surface area (Å²) < 4.78 is 29.9. The zero-order valence-corrected chi connectivity index (χ0v) is 17.6. The molecule has 1 aromatic carbocycles. The molecule has 160 valence electrons. The first-order valence-electron chi connectivity index (χ1n) is 10.1. The number of piperidine rings is 1. The van der Waals surface area contributed by atoms with Crippen molar-refractivity contribution >= 4 is 23.2 Å². The van der Waals surface area contributed by atoms with E-state index in [2.05, 4.69) is 0 Å². The Balaban J connectivity index is 1.60. The van der Waals surface area contributed by atoms with E-state index in [1.54, 1.807) is 29.3 Å². The summed E-state index contributed by atoms with van der Waals surface area (Å²) in [7, 11) is 0. The van der Waals surface area contributed by atoms with Gasteiger partial charge in [-0.3, -0.25) is 9.59 Å². The molecule has 0 bridgehead atoms. The molecular formula is C22H24FNO5S. The van der Waals surface area contributed by atoms with E-state index < -0.39 is 5.41 Å². The lowest BCUT2D eigenvalue weighted by molar-refractivity contribution is -0.158. The van der Waals surface area contributed by atoms with E-state index in [4.69, 9.17) is 14.2 Å². The second-order valence-electron chi connectivity index (χ2n) is 7.59. The number of benzene rings is 1. The third-order valence-electron chi connectivity index (χ3n) is 5.52. The number of thiophene rings is 1. The van der Waals surface area contributed by atoms with Gasteiger partial charge in [0.15, 0.2) is 11.5 Å². The Kier molecular flexibility index (Phi) is 5.94. The fraction of sp³-hybridized carbons (Fsp3) is 0.455. The standard InChI is InChI=1S/C22H24FNO5S/c1-2-27-21(26)22(12-15-4-6-16(23)7-5-15)8-3-9-24(14-22)20(25)19-18-17(13-30-19)28-10-11-29-18/h4-7,13H,2-3,8-12,14H2,1H3. The molecule has 1 saturated heterocycles. The molecule has 6 nitrogen and oxygen atoms in total. The fourth-order valence-corrected chi connectivity index (χ4v) is 5.02. The number of ether oxygens (including phenoxy) is 3. The molecule has 1 aromatic heterocycles. The minimum Gasteiger partial charge on any atom is -0.485 e. The first-order chi connectivity index (χ1) is 14.5. The fourth-order valence-electron chi connectivity index (χ4n) is 4.12. The van der Waals surface area contributed by atoms with Crippen molar-refractivity contribution in [3.63, 3.8) is 0 Å². The highest BCUT2D eigenvalue weighted by Gasteiger charge is 2.45. The Morgan fingerprint density at radius 1 is 1.23 bits per heavy atom. The molecule has 30 heavy (non-hydrogen) atoms. The van der Waals surface area contributed by atoms with Crippen LogP contribution in [0.5, 0.6) is 11.5 Å². The smallest absolute Gasteiger partial charge is 0.314 e. The molecule has 0 radical (unpaired) electrons. The Morgan fingerprint density at radius 2 is 2.00 bits per heavy atom. The quantitative estimate of drug-likeness (QED) is 0.673. The van der Waals surface area contributed by atoms with Crippen LogP contribution in [0.25, 0.3) is 0 Å². The molecule has 4 rings (SSSR count). The van der Waals surface area contributed by atoms with Crippen molar-refractivity contribution in [1.29, 1.82) is 0 Å². The van der Waals surface area contributed by atoms with Crippen molar-refractivity contribution < 1.29 is 28.2 Å². The largest absolute Gasteiger partial charge is 0.485 e. The number of fused-ring (bicyclic) bond motifs is 1. The summed E-state index contributed by atoms with van der Waals surface area (Å²) in [5.41, 5.74) is -0.0276. The van der Waals surface area contributed by atoms with Crippen molar-refractivity contribution in [2.24, 2.45) is 5.41 Å². The highest BCUT2D eigenvalue weighted by atomic mass is 32.1. The average Bonchev–Trinajstić information content (AvgIpc) is 3.19. The number of hydrogen-bond donors (Lipinski definition) is 0. The van der Waals surface area contributed by atoms with Crippen molar-refractivity contribution in [3.05, 3.63) is 45.9 Å². The number of carbonyl (C=O) groups excluding carboxylic acids is 2. The van der Waals surface area contributed by atoms with Crippen molar-refractivity contribution in [3.8, 4) is 11.5 Å². The lowest BCUT2D eigenvalue weighted by Crippen LogP contribution is -2.51. The normalized spacial score (nSPS) is 20.7. The zero-order valence-electron chi connectivity index (χ0n) is 16.8. The average molecular weight is 434 g/mol. The molecule has 8 heteroatoms. The lowest BCUT2D eigenvalue weighted by Gasteiger charge is -2.41. The summed E-state index contributed by atoms with van der Waals surface area (Å²) in [6.07, 6.45) is 1.67. The van der Waals surface area contributed by atoms with Crippen LogP contribution in [-0.2, 0) is 16.0 Å². The SMILES string of the molecule is CCOC(=O)C1(Cc2ccc(F)cc2)CCCN(C(=O)c2scc3c2OCCO3)C1. The number of rotatable bonds is 5.